The molecule has 0 bridgehead atoms. The Balaban J connectivity index is 1.59. The highest BCUT2D eigenvalue weighted by Crippen LogP contribution is 2.31. The summed E-state index contributed by atoms with van der Waals surface area (Å²) in [5.74, 6) is -0.517. The number of hydrogen-bond acceptors (Lipinski definition) is 7. The van der Waals surface area contributed by atoms with E-state index in [1.165, 1.54) is 18.2 Å². The van der Waals surface area contributed by atoms with Gasteiger partial charge in [-0.1, -0.05) is 17.7 Å². The molecule has 0 saturated carbocycles. The number of piperazine rings is 1. The normalized spacial score (nSPS) is 14.4. The van der Waals surface area contributed by atoms with E-state index in [0.29, 0.717) is 24.3 Å². The van der Waals surface area contributed by atoms with Crippen molar-refractivity contribution in [2.24, 2.45) is 0 Å². The molecule has 3 aromatic rings. The summed E-state index contributed by atoms with van der Waals surface area (Å²) in [5.41, 5.74) is 6.29. The minimum Gasteiger partial charge on any atom is -0.492 e. The number of nitrogen functional groups attached to an aromatic ring is 1. The van der Waals surface area contributed by atoms with Gasteiger partial charge in [-0.3, -0.25) is 9.69 Å². The third-order valence-electron chi connectivity index (χ3n) is 5.19. The van der Waals surface area contributed by atoms with Crippen LogP contribution in [0.5, 0.6) is 5.75 Å². The first kappa shape index (κ1) is 23.8. The highest BCUT2D eigenvalue weighted by Gasteiger charge is 2.21. The van der Waals surface area contributed by atoms with E-state index in [2.05, 4.69) is 20.4 Å². The lowest BCUT2D eigenvalue weighted by Gasteiger charge is -2.26. The molecule has 13 heteroatoms. The van der Waals surface area contributed by atoms with E-state index in [1.807, 2.05) is 4.90 Å². The Morgan fingerprint density at radius 3 is 2.85 bits per heavy atom. The lowest BCUT2D eigenvalue weighted by Crippen LogP contribution is -2.48. The molecule has 0 spiro atoms. The molecule has 1 aliphatic heterocycles. The summed E-state index contributed by atoms with van der Waals surface area (Å²) in [4.78, 5) is 21.2. The van der Waals surface area contributed by atoms with Gasteiger partial charge >= 0.3 is 6.55 Å². The van der Waals surface area contributed by atoms with Crippen LogP contribution in [0.1, 0.15) is 17.7 Å². The fraction of sp³-hybridized carbons (Fsp3) is 0.333. The number of carbonyl (C=O) groups excluding carboxylic acids is 1. The number of anilines is 1. The number of halogens is 4. The van der Waals surface area contributed by atoms with Crippen LogP contribution in [0.15, 0.2) is 30.5 Å². The molecule has 9 nitrogen and oxygen atoms in total. The molecule has 0 radical (unpaired) electrons. The van der Waals surface area contributed by atoms with Crippen LogP contribution >= 0.6 is 11.6 Å². The topological polar surface area (TPSA) is 111 Å². The molecule has 34 heavy (non-hydrogen) atoms. The smallest absolute Gasteiger partial charge is 0.333 e. The number of aromatic nitrogens is 4. The van der Waals surface area contributed by atoms with E-state index in [9.17, 15) is 18.0 Å². The minimum absolute atomic E-state index is 0.0151. The summed E-state index contributed by atoms with van der Waals surface area (Å²) in [7, 11) is 0. The van der Waals surface area contributed by atoms with Crippen molar-refractivity contribution in [2.75, 3.05) is 38.5 Å². The molecule has 1 aliphatic rings. The second kappa shape index (κ2) is 10.3. The largest absolute Gasteiger partial charge is 0.492 e. The van der Waals surface area contributed by atoms with Gasteiger partial charge in [0.05, 0.1) is 12.2 Å². The molecule has 3 N–H and O–H groups in total. The van der Waals surface area contributed by atoms with Gasteiger partial charge in [0.25, 0.3) is 0 Å². The molecule has 1 fully saturated rings. The third kappa shape index (κ3) is 5.57. The van der Waals surface area contributed by atoms with Crippen LogP contribution in [-0.4, -0.2) is 63.3 Å². The van der Waals surface area contributed by atoms with E-state index in [0.717, 1.165) is 6.20 Å². The third-order valence-corrected chi connectivity index (χ3v) is 5.38. The Kier molecular flexibility index (Phi) is 7.17. The number of nitrogens with two attached hydrogens (primary N) is 1. The number of nitrogens with one attached hydrogen (secondary N) is 1. The van der Waals surface area contributed by atoms with Gasteiger partial charge in [-0.15, -0.1) is 0 Å². The summed E-state index contributed by atoms with van der Waals surface area (Å²) < 4.78 is 47.9. The fourth-order valence-electron chi connectivity index (χ4n) is 3.63. The number of nitrogens with zero attached hydrogens (tertiary/aromatic N) is 5. The molecule has 0 aliphatic carbocycles. The maximum Gasteiger partial charge on any atom is 0.333 e. The van der Waals surface area contributed by atoms with Crippen LogP contribution in [0.3, 0.4) is 0 Å². The maximum absolute atomic E-state index is 14.8. The van der Waals surface area contributed by atoms with Crippen LogP contribution in [0, 0.1) is 5.82 Å². The number of rotatable bonds is 8. The lowest BCUT2D eigenvalue weighted by molar-refractivity contribution is -0.124. The van der Waals surface area contributed by atoms with Gasteiger partial charge in [0.15, 0.2) is 0 Å². The Morgan fingerprint density at radius 1 is 1.29 bits per heavy atom. The standard InChI is InChI=1S/C21H21ClF3N7O2/c22-17-9-15(28-21(26)29-17)19-12(10-32(30-19)20(24)25)8-13-14(23)2-1-3-16(13)34-7-6-31-5-4-27-18(33)11-31/h1-3,9-10,20H,4-8,11H2,(H,27,33)(H2,26,28,29). The molecule has 2 aromatic heterocycles. The van der Waals surface area contributed by atoms with Gasteiger partial charge in [0, 0.05) is 49.4 Å². The van der Waals surface area contributed by atoms with Gasteiger partial charge in [-0.05, 0) is 12.1 Å². The van der Waals surface area contributed by atoms with Crippen molar-refractivity contribution in [1.29, 1.82) is 0 Å². The molecule has 1 amide bonds. The fourth-order valence-corrected chi connectivity index (χ4v) is 3.82. The van der Waals surface area contributed by atoms with E-state index in [4.69, 9.17) is 22.1 Å². The average molecular weight is 496 g/mol. The van der Waals surface area contributed by atoms with Gasteiger partial charge in [-0.2, -0.15) is 13.9 Å². The van der Waals surface area contributed by atoms with Crippen molar-refractivity contribution >= 4 is 23.5 Å². The molecule has 0 atom stereocenters. The molecule has 3 heterocycles. The summed E-state index contributed by atoms with van der Waals surface area (Å²) in [5, 5.41) is 6.66. The zero-order valence-corrected chi connectivity index (χ0v) is 18.6. The Bertz CT molecular complexity index is 1170. The number of ether oxygens (including phenoxy) is 1. The van der Waals surface area contributed by atoms with E-state index in [1.54, 1.807) is 6.07 Å². The molecule has 1 aromatic carbocycles. The molecule has 0 unspecified atom stereocenters. The van der Waals surface area contributed by atoms with Crippen molar-refractivity contribution in [3.63, 3.8) is 0 Å². The van der Waals surface area contributed by atoms with E-state index >= 15 is 0 Å². The van der Waals surface area contributed by atoms with E-state index in [-0.39, 0.29) is 64.8 Å². The summed E-state index contributed by atoms with van der Waals surface area (Å²) in [6.45, 7) is -0.730. The van der Waals surface area contributed by atoms with Crippen molar-refractivity contribution in [2.45, 2.75) is 13.0 Å². The van der Waals surface area contributed by atoms with Crippen LogP contribution in [0.4, 0.5) is 19.1 Å². The number of amides is 1. The Hall–Kier alpha value is -3.38. The van der Waals surface area contributed by atoms with Gasteiger partial charge in [-0.25, -0.2) is 19.0 Å². The average Bonchev–Trinajstić information content (AvgIpc) is 3.20. The Morgan fingerprint density at radius 2 is 2.12 bits per heavy atom. The van der Waals surface area contributed by atoms with Crippen LogP contribution in [-0.2, 0) is 11.2 Å². The Labute approximate surface area is 197 Å². The number of alkyl halides is 2. The van der Waals surface area contributed by atoms with Gasteiger partial charge in [0.2, 0.25) is 11.9 Å². The predicted molar refractivity (Wildman–Crippen MR) is 118 cm³/mol. The first-order valence-corrected chi connectivity index (χ1v) is 10.7. The molecule has 1 saturated heterocycles. The highest BCUT2D eigenvalue weighted by molar-refractivity contribution is 6.29. The first-order chi connectivity index (χ1) is 16.3. The summed E-state index contributed by atoms with van der Waals surface area (Å²) >= 11 is 5.94. The summed E-state index contributed by atoms with van der Waals surface area (Å²) in [6, 6.07) is 5.69. The van der Waals surface area contributed by atoms with Crippen molar-refractivity contribution in [3.05, 3.63) is 52.6 Å². The van der Waals surface area contributed by atoms with Gasteiger partial charge < -0.3 is 15.8 Å². The van der Waals surface area contributed by atoms with Crippen molar-refractivity contribution in [3.8, 4) is 17.1 Å². The molecular formula is C21H21ClF3N7O2. The first-order valence-electron chi connectivity index (χ1n) is 10.4. The minimum atomic E-state index is -2.92. The maximum atomic E-state index is 14.8. The summed E-state index contributed by atoms with van der Waals surface area (Å²) in [6.07, 6.45) is 1.02. The second-order valence-corrected chi connectivity index (χ2v) is 7.95. The molecular weight excluding hydrogens is 475 g/mol. The predicted octanol–water partition coefficient (Wildman–Crippen LogP) is 2.51. The van der Waals surface area contributed by atoms with Crippen LogP contribution in [0.2, 0.25) is 5.15 Å². The van der Waals surface area contributed by atoms with Crippen LogP contribution < -0.4 is 15.8 Å². The number of carbonyl (C=O) groups is 1. The number of benzene rings is 1. The number of hydrogen-bond donors (Lipinski definition) is 2. The van der Waals surface area contributed by atoms with Crippen molar-refractivity contribution < 1.29 is 22.7 Å². The van der Waals surface area contributed by atoms with Crippen molar-refractivity contribution in [1.82, 2.24) is 30.0 Å². The zero-order valence-electron chi connectivity index (χ0n) is 17.8. The highest BCUT2D eigenvalue weighted by atomic mass is 35.5. The van der Waals surface area contributed by atoms with Gasteiger partial charge in [0.1, 0.15) is 29.0 Å². The quantitative estimate of drug-likeness (QED) is 0.462. The SMILES string of the molecule is Nc1nc(Cl)cc(-c2nn(C(F)F)cc2Cc2c(F)cccc2OCCN2CCNC(=O)C2)n1. The molecule has 180 valence electrons. The monoisotopic (exact) mass is 495 g/mol. The lowest BCUT2D eigenvalue weighted by atomic mass is 10.0. The molecule has 4 rings (SSSR count). The second-order valence-electron chi connectivity index (χ2n) is 7.56. The zero-order chi connectivity index (χ0) is 24.2. The van der Waals surface area contributed by atoms with E-state index < -0.39 is 12.4 Å². The van der Waals surface area contributed by atoms with Crippen LogP contribution in [0.25, 0.3) is 11.4 Å².